The third-order valence-corrected chi connectivity index (χ3v) is 4.42. The van der Waals surface area contributed by atoms with Gasteiger partial charge in [0.05, 0.1) is 24.9 Å². The molecular weight excluding hydrogens is 316 g/mol. The highest BCUT2D eigenvalue weighted by Crippen LogP contribution is 2.27. The number of furan rings is 1. The maximum atomic E-state index is 12.1. The van der Waals surface area contributed by atoms with Gasteiger partial charge >= 0.3 is 0 Å². The van der Waals surface area contributed by atoms with E-state index in [1.165, 1.54) is 0 Å². The van der Waals surface area contributed by atoms with E-state index < -0.39 is 0 Å². The quantitative estimate of drug-likeness (QED) is 0.908. The second-order valence-corrected chi connectivity index (χ2v) is 6.19. The fourth-order valence-electron chi connectivity index (χ4n) is 2.61. The van der Waals surface area contributed by atoms with Crippen LogP contribution in [0, 0.1) is 6.92 Å². The van der Waals surface area contributed by atoms with Gasteiger partial charge in [0.25, 0.3) is 0 Å². The van der Waals surface area contributed by atoms with Crippen LogP contribution in [0.25, 0.3) is 11.0 Å². The highest BCUT2D eigenvalue weighted by Gasteiger charge is 2.20. The largest absolute Gasteiger partial charge is 0.464 e. The van der Waals surface area contributed by atoms with Gasteiger partial charge in [-0.1, -0.05) is 23.7 Å². The lowest BCUT2D eigenvalue weighted by Gasteiger charge is -2.09. The summed E-state index contributed by atoms with van der Waals surface area (Å²) in [6, 6.07) is 3.73. The standard InChI is InChI=1S/C17H19ClN2O3/c1-3-12-6-13(23-20-12)8-19-17(21)5-11-9-22-16-4-10(2)15(18)7-14(11)16/h4,7,9,13H,3,5-6,8H2,1-2H3,(H,19,21)/t13-/m0/s1. The maximum Gasteiger partial charge on any atom is 0.224 e. The van der Waals surface area contributed by atoms with Gasteiger partial charge in [0.1, 0.15) is 11.7 Å². The summed E-state index contributed by atoms with van der Waals surface area (Å²) in [5.41, 5.74) is 3.57. The first-order valence-electron chi connectivity index (χ1n) is 7.71. The molecule has 1 aliphatic heterocycles. The highest BCUT2D eigenvalue weighted by molar-refractivity contribution is 6.32. The van der Waals surface area contributed by atoms with Gasteiger partial charge in [0, 0.05) is 22.4 Å². The van der Waals surface area contributed by atoms with Crippen LogP contribution in [0.3, 0.4) is 0 Å². The smallest absolute Gasteiger partial charge is 0.224 e. The van der Waals surface area contributed by atoms with Crippen LogP contribution in [-0.2, 0) is 16.1 Å². The summed E-state index contributed by atoms with van der Waals surface area (Å²) in [4.78, 5) is 17.4. The lowest BCUT2D eigenvalue weighted by molar-refractivity contribution is -0.121. The molecule has 0 fully saturated rings. The number of hydrogen-bond acceptors (Lipinski definition) is 4. The molecule has 0 saturated carbocycles. The number of nitrogens with one attached hydrogen (secondary N) is 1. The third-order valence-electron chi connectivity index (χ3n) is 4.02. The minimum absolute atomic E-state index is 0.0629. The molecule has 1 aliphatic rings. The van der Waals surface area contributed by atoms with E-state index in [2.05, 4.69) is 10.5 Å². The Labute approximate surface area is 139 Å². The van der Waals surface area contributed by atoms with Crippen molar-refractivity contribution in [1.29, 1.82) is 0 Å². The van der Waals surface area contributed by atoms with Crippen molar-refractivity contribution in [3.05, 3.63) is 34.5 Å². The number of carbonyl (C=O) groups excluding carboxylic acids is 1. The maximum absolute atomic E-state index is 12.1. The van der Waals surface area contributed by atoms with Gasteiger partial charge in [-0.15, -0.1) is 0 Å². The van der Waals surface area contributed by atoms with Crippen LogP contribution in [-0.4, -0.2) is 24.3 Å². The van der Waals surface area contributed by atoms with E-state index in [0.717, 1.165) is 40.6 Å². The Morgan fingerprint density at radius 2 is 2.30 bits per heavy atom. The number of nitrogens with zero attached hydrogens (tertiary/aromatic N) is 1. The van der Waals surface area contributed by atoms with Crippen molar-refractivity contribution < 1.29 is 14.0 Å². The molecule has 1 amide bonds. The fraction of sp³-hybridized carbons (Fsp3) is 0.412. The van der Waals surface area contributed by atoms with Crippen LogP contribution in [0.15, 0.2) is 28.0 Å². The molecule has 23 heavy (non-hydrogen) atoms. The zero-order valence-corrected chi connectivity index (χ0v) is 13.9. The monoisotopic (exact) mass is 334 g/mol. The zero-order valence-electron chi connectivity index (χ0n) is 13.2. The van der Waals surface area contributed by atoms with Crippen molar-refractivity contribution in [3.63, 3.8) is 0 Å². The van der Waals surface area contributed by atoms with Crippen LogP contribution in [0.1, 0.15) is 30.9 Å². The van der Waals surface area contributed by atoms with Crippen LogP contribution in [0.2, 0.25) is 5.02 Å². The van der Waals surface area contributed by atoms with Crippen molar-refractivity contribution in [2.75, 3.05) is 6.54 Å². The van der Waals surface area contributed by atoms with Crippen molar-refractivity contribution in [2.24, 2.45) is 5.16 Å². The SMILES string of the molecule is CCC1=NO[C@H](CNC(=O)Cc2coc3cc(C)c(Cl)cc23)C1. The molecule has 0 spiro atoms. The van der Waals surface area contributed by atoms with E-state index in [4.69, 9.17) is 20.9 Å². The highest BCUT2D eigenvalue weighted by atomic mass is 35.5. The molecule has 0 unspecified atom stereocenters. The van der Waals surface area contributed by atoms with Crippen molar-refractivity contribution in [2.45, 2.75) is 39.2 Å². The van der Waals surface area contributed by atoms with Gasteiger partial charge < -0.3 is 14.6 Å². The van der Waals surface area contributed by atoms with Crippen molar-refractivity contribution in [3.8, 4) is 0 Å². The number of carbonyl (C=O) groups is 1. The molecule has 6 heteroatoms. The van der Waals surface area contributed by atoms with E-state index in [1.54, 1.807) is 6.26 Å². The van der Waals surface area contributed by atoms with Gasteiger partial charge in [-0.05, 0) is 31.0 Å². The Morgan fingerprint density at radius 1 is 1.48 bits per heavy atom. The Kier molecular flexibility index (Phi) is 4.57. The average Bonchev–Trinajstić information content (AvgIpc) is 3.14. The number of aryl methyl sites for hydroxylation is 1. The minimum Gasteiger partial charge on any atom is -0.464 e. The third kappa shape index (κ3) is 3.50. The molecule has 3 rings (SSSR count). The molecule has 1 atom stereocenters. The first-order chi connectivity index (χ1) is 11.1. The van der Waals surface area contributed by atoms with E-state index in [1.807, 2.05) is 26.0 Å². The number of amides is 1. The Hall–Kier alpha value is -2.01. The molecular formula is C17H19ClN2O3. The topological polar surface area (TPSA) is 63.8 Å². The fourth-order valence-corrected chi connectivity index (χ4v) is 2.77. The molecule has 2 aromatic rings. The van der Waals surface area contributed by atoms with Crippen molar-refractivity contribution in [1.82, 2.24) is 5.32 Å². The number of oxime groups is 1. The van der Waals surface area contributed by atoms with Gasteiger partial charge in [-0.3, -0.25) is 4.79 Å². The molecule has 0 bridgehead atoms. The van der Waals surface area contributed by atoms with Crippen molar-refractivity contribution >= 4 is 34.2 Å². The second-order valence-electron chi connectivity index (χ2n) is 5.78. The van der Waals surface area contributed by atoms with E-state index in [0.29, 0.717) is 11.6 Å². The van der Waals surface area contributed by atoms with Crippen LogP contribution in [0.4, 0.5) is 0 Å². The molecule has 0 aliphatic carbocycles. The summed E-state index contributed by atoms with van der Waals surface area (Å²) in [5, 5.41) is 8.42. The minimum atomic E-state index is -0.0713. The van der Waals surface area contributed by atoms with E-state index >= 15 is 0 Å². The van der Waals surface area contributed by atoms with Crippen LogP contribution < -0.4 is 5.32 Å². The molecule has 5 nitrogen and oxygen atoms in total. The van der Waals surface area contributed by atoms with E-state index in [9.17, 15) is 4.79 Å². The van der Waals surface area contributed by atoms with E-state index in [-0.39, 0.29) is 18.4 Å². The molecule has 1 aromatic heterocycles. The average molecular weight is 335 g/mol. The Balaban J connectivity index is 1.59. The molecule has 1 aromatic carbocycles. The van der Waals surface area contributed by atoms with Gasteiger partial charge in [0.2, 0.25) is 5.91 Å². The predicted molar refractivity (Wildman–Crippen MR) is 89.9 cm³/mol. The summed E-state index contributed by atoms with van der Waals surface area (Å²) in [6.07, 6.45) is 3.46. The summed E-state index contributed by atoms with van der Waals surface area (Å²) in [5.74, 6) is -0.0713. The first-order valence-corrected chi connectivity index (χ1v) is 8.09. The van der Waals surface area contributed by atoms with Gasteiger partial charge in [0.15, 0.2) is 0 Å². The molecule has 0 saturated heterocycles. The number of hydrogen-bond donors (Lipinski definition) is 1. The van der Waals surface area contributed by atoms with Crippen LogP contribution in [0.5, 0.6) is 0 Å². The molecule has 1 N–H and O–H groups in total. The number of rotatable bonds is 5. The first kappa shape index (κ1) is 15.9. The summed E-state index contributed by atoms with van der Waals surface area (Å²) in [7, 11) is 0. The number of fused-ring (bicyclic) bond motifs is 1. The summed E-state index contributed by atoms with van der Waals surface area (Å²) < 4.78 is 5.51. The Morgan fingerprint density at radius 3 is 3.04 bits per heavy atom. The zero-order chi connectivity index (χ0) is 16.4. The second kappa shape index (κ2) is 6.62. The normalized spacial score (nSPS) is 17.2. The van der Waals surface area contributed by atoms with Crippen LogP contribution >= 0.6 is 11.6 Å². The summed E-state index contributed by atoms with van der Waals surface area (Å²) >= 11 is 6.16. The van der Waals surface area contributed by atoms with Gasteiger partial charge in [-0.2, -0.15) is 0 Å². The lowest BCUT2D eigenvalue weighted by atomic mass is 10.1. The lowest BCUT2D eigenvalue weighted by Crippen LogP contribution is -2.33. The molecule has 122 valence electrons. The molecule has 0 radical (unpaired) electrons. The van der Waals surface area contributed by atoms with Gasteiger partial charge in [-0.25, -0.2) is 0 Å². The predicted octanol–water partition coefficient (Wildman–Crippen LogP) is 3.61. The molecule has 2 heterocycles. The number of halogens is 1. The number of benzene rings is 1. The summed E-state index contributed by atoms with van der Waals surface area (Å²) in [6.45, 7) is 4.42. The Bertz CT molecular complexity index is 767.